The highest BCUT2D eigenvalue weighted by Crippen LogP contribution is 2.27. The fourth-order valence-corrected chi connectivity index (χ4v) is 3.45. The van der Waals surface area contributed by atoms with Gasteiger partial charge in [-0.05, 0) is 37.6 Å². The van der Waals surface area contributed by atoms with E-state index in [9.17, 15) is 4.79 Å². The van der Waals surface area contributed by atoms with Crippen LogP contribution < -0.4 is 5.73 Å². The second kappa shape index (κ2) is 7.13. The second-order valence-electron chi connectivity index (χ2n) is 6.13. The van der Waals surface area contributed by atoms with Crippen molar-refractivity contribution in [2.75, 3.05) is 19.6 Å². The van der Waals surface area contributed by atoms with E-state index in [1.807, 2.05) is 0 Å². The van der Waals surface area contributed by atoms with E-state index < -0.39 is 0 Å². The SMILES string of the molecule is NCC1CCCN(C(=O)CCC2CCCCC2)C1. The maximum atomic E-state index is 12.2. The number of rotatable bonds is 4. The summed E-state index contributed by atoms with van der Waals surface area (Å²) >= 11 is 0. The van der Waals surface area contributed by atoms with Gasteiger partial charge < -0.3 is 10.6 Å². The van der Waals surface area contributed by atoms with Gasteiger partial charge in [0.05, 0.1) is 0 Å². The number of carbonyl (C=O) groups excluding carboxylic acids is 1. The molecule has 0 aromatic rings. The zero-order valence-electron chi connectivity index (χ0n) is 11.6. The largest absolute Gasteiger partial charge is 0.342 e. The first kappa shape index (κ1) is 13.9. The summed E-state index contributed by atoms with van der Waals surface area (Å²) in [4.78, 5) is 14.2. The molecule has 2 fully saturated rings. The zero-order valence-corrected chi connectivity index (χ0v) is 11.6. The van der Waals surface area contributed by atoms with Crippen LogP contribution in [0.25, 0.3) is 0 Å². The van der Waals surface area contributed by atoms with Gasteiger partial charge in [-0.1, -0.05) is 32.1 Å². The van der Waals surface area contributed by atoms with Crippen LogP contribution in [0.2, 0.25) is 0 Å². The average Bonchev–Trinajstić information content (AvgIpc) is 2.46. The van der Waals surface area contributed by atoms with E-state index in [1.165, 1.54) is 38.5 Å². The minimum absolute atomic E-state index is 0.374. The van der Waals surface area contributed by atoms with Gasteiger partial charge in [0.2, 0.25) is 5.91 Å². The summed E-state index contributed by atoms with van der Waals surface area (Å²) in [6.07, 6.45) is 11.0. The first-order valence-corrected chi connectivity index (χ1v) is 7.77. The molecule has 0 aromatic carbocycles. The number of piperidine rings is 1. The van der Waals surface area contributed by atoms with Crippen molar-refractivity contribution in [3.63, 3.8) is 0 Å². The number of nitrogens with two attached hydrogens (primary N) is 1. The molecule has 1 aliphatic carbocycles. The molecule has 2 aliphatic rings. The van der Waals surface area contributed by atoms with Gasteiger partial charge in [0.25, 0.3) is 0 Å². The smallest absolute Gasteiger partial charge is 0.222 e. The van der Waals surface area contributed by atoms with Crippen molar-refractivity contribution >= 4 is 5.91 Å². The van der Waals surface area contributed by atoms with Crippen molar-refractivity contribution < 1.29 is 4.79 Å². The van der Waals surface area contributed by atoms with Crippen LogP contribution in [0.15, 0.2) is 0 Å². The third-order valence-electron chi connectivity index (χ3n) is 4.70. The van der Waals surface area contributed by atoms with E-state index in [0.29, 0.717) is 11.8 Å². The standard InChI is InChI=1S/C15H28N2O/c16-11-14-7-4-10-17(12-14)15(18)9-8-13-5-2-1-3-6-13/h13-14H,1-12,16H2. The molecule has 1 saturated heterocycles. The van der Waals surface area contributed by atoms with Crippen LogP contribution in [-0.2, 0) is 4.79 Å². The predicted molar refractivity (Wildman–Crippen MR) is 74.2 cm³/mol. The van der Waals surface area contributed by atoms with Crippen molar-refractivity contribution in [2.24, 2.45) is 17.6 Å². The highest BCUT2D eigenvalue weighted by molar-refractivity contribution is 5.76. The Morgan fingerprint density at radius 2 is 1.78 bits per heavy atom. The van der Waals surface area contributed by atoms with Crippen LogP contribution in [0, 0.1) is 11.8 Å². The van der Waals surface area contributed by atoms with Crippen molar-refractivity contribution in [1.29, 1.82) is 0 Å². The summed E-state index contributed by atoms with van der Waals surface area (Å²) < 4.78 is 0. The molecule has 0 bridgehead atoms. The molecular formula is C15H28N2O. The Morgan fingerprint density at radius 1 is 1.06 bits per heavy atom. The molecule has 3 heteroatoms. The van der Waals surface area contributed by atoms with Gasteiger partial charge in [0.1, 0.15) is 0 Å². The molecule has 0 aromatic heterocycles. The minimum Gasteiger partial charge on any atom is -0.342 e. The molecule has 2 N–H and O–H groups in total. The van der Waals surface area contributed by atoms with E-state index in [-0.39, 0.29) is 0 Å². The number of hydrogen-bond acceptors (Lipinski definition) is 2. The lowest BCUT2D eigenvalue weighted by Gasteiger charge is -2.32. The van der Waals surface area contributed by atoms with Crippen LogP contribution >= 0.6 is 0 Å². The lowest BCUT2D eigenvalue weighted by atomic mass is 9.86. The lowest BCUT2D eigenvalue weighted by Crippen LogP contribution is -2.42. The first-order valence-electron chi connectivity index (χ1n) is 7.77. The number of nitrogens with zero attached hydrogens (tertiary/aromatic N) is 1. The van der Waals surface area contributed by atoms with E-state index in [4.69, 9.17) is 5.73 Å². The third kappa shape index (κ3) is 3.98. The monoisotopic (exact) mass is 252 g/mol. The summed E-state index contributed by atoms with van der Waals surface area (Å²) in [5.74, 6) is 1.73. The Kier molecular flexibility index (Phi) is 5.48. The molecule has 1 amide bonds. The number of carbonyl (C=O) groups is 1. The van der Waals surface area contributed by atoms with E-state index in [1.54, 1.807) is 0 Å². The van der Waals surface area contributed by atoms with Gasteiger partial charge in [0.15, 0.2) is 0 Å². The van der Waals surface area contributed by atoms with Gasteiger partial charge in [0, 0.05) is 19.5 Å². The predicted octanol–water partition coefficient (Wildman–Crippen LogP) is 2.54. The molecule has 2 rings (SSSR count). The molecule has 3 nitrogen and oxygen atoms in total. The van der Waals surface area contributed by atoms with Gasteiger partial charge in [-0.2, -0.15) is 0 Å². The molecular weight excluding hydrogens is 224 g/mol. The Morgan fingerprint density at radius 3 is 2.50 bits per heavy atom. The normalized spacial score (nSPS) is 26.3. The van der Waals surface area contributed by atoms with Crippen LogP contribution in [0.5, 0.6) is 0 Å². The molecule has 1 aliphatic heterocycles. The summed E-state index contributed by atoms with van der Waals surface area (Å²) in [5, 5.41) is 0. The number of likely N-dealkylation sites (tertiary alicyclic amines) is 1. The lowest BCUT2D eigenvalue weighted by molar-refractivity contribution is -0.133. The summed E-state index contributed by atoms with van der Waals surface area (Å²) in [6, 6.07) is 0. The number of hydrogen-bond donors (Lipinski definition) is 1. The van der Waals surface area contributed by atoms with E-state index >= 15 is 0 Å². The molecule has 1 heterocycles. The van der Waals surface area contributed by atoms with Gasteiger partial charge in [-0.15, -0.1) is 0 Å². The quantitative estimate of drug-likeness (QED) is 0.836. The van der Waals surface area contributed by atoms with Gasteiger partial charge in [-0.3, -0.25) is 4.79 Å². The Hall–Kier alpha value is -0.570. The molecule has 1 unspecified atom stereocenters. The summed E-state index contributed by atoms with van der Waals surface area (Å²) in [6.45, 7) is 2.59. The molecule has 0 spiro atoms. The van der Waals surface area contributed by atoms with Crippen LogP contribution in [0.1, 0.15) is 57.8 Å². The van der Waals surface area contributed by atoms with E-state index in [0.717, 1.165) is 44.8 Å². The molecule has 0 radical (unpaired) electrons. The van der Waals surface area contributed by atoms with Crippen molar-refractivity contribution in [3.8, 4) is 0 Å². The Labute approximate surface area is 111 Å². The van der Waals surface area contributed by atoms with Crippen molar-refractivity contribution in [3.05, 3.63) is 0 Å². The van der Waals surface area contributed by atoms with Gasteiger partial charge in [-0.25, -0.2) is 0 Å². The zero-order chi connectivity index (χ0) is 12.8. The maximum absolute atomic E-state index is 12.2. The maximum Gasteiger partial charge on any atom is 0.222 e. The topological polar surface area (TPSA) is 46.3 Å². The summed E-state index contributed by atoms with van der Waals surface area (Å²) in [5.41, 5.74) is 5.72. The highest BCUT2D eigenvalue weighted by atomic mass is 16.2. The average molecular weight is 252 g/mol. The summed E-state index contributed by atoms with van der Waals surface area (Å²) in [7, 11) is 0. The van der Waals surface area contributed by atoms with Crippen molar-refractivity contribution in [1.82, 2.24) is 4.90 Å². The van der Waals surface area contributed by atoms with Crippen LogP contribution in [0.3, 0.4) is 0 Å². The first-order chi connectivity index (χ1) is 8.79. The molecule has 1 saturated carbocycles. The Bertz CT molecular complexity index is 261. The Balaban J connectivity index is 1.70. The molecule has 104 valence electrons. The van der Waals surface area contributed by atoms with Crippen LogP contribution in [-0.4, -0.2) is 30.4 Å². The van der Waals surface area contributed by atoms with Gasteiger partial charge >= 0.3 is 0 Å². The molecule has 1 atom stereocenters. The number of amides is 1. The minimum atomic E-state index is 0.374. The highest BCUT2D eigenvalue weighted by Gasteiger charge is 2.23. The fraction of sp³-hybridized carbons (Fsp3) is 0.933. The van der Waals surface area contributed by atoms with Crippen LogP contribution in [0.4, 0.5) is 0 Å². The van der Waals surface area contributed by atoms with E-state index in [2.05, 4.69) is 4.90 Å². The third-order valence-corrected chi connectivity index (χ3v) is 4.70. The second-order valence-corrected chi connectivity index (χ2v) is 6.13. The van der Waals surface area contributed by atoms with Crippen molar-refractivity contribution in [2.45, 2.75) is 57.8 Å². The fourth-order valence-electron chi connectivity index (χ4n) is 3.45. The molecule has 18 heavy (non-hydrogen) atoms.